The summed E-state index contributed by atoms with van der Waals surface area (Å²) in [6.07, 6.45) is 1.05. The Bertz CT molecular complexity index is 523. The predicted octanol–water partition coefficient (Wildman–Crippen LogP) is 2.85. The number of aromatic amines is 1. The molecule has 96 valence electrons. The van der Waals surface area contributed by atoms with Crippen LogP contribution in [-0.2, 0) is 6.54 Å². The zero-order chi connectivity index (χ0) is 13.0. The van der Waals surface area contributed by atoms with Gasteiger partial charge in [-0.1, -0.05) is 6.92 Å². The topological polar surface area (TPSA) is 40.7 Å². The van der Waals surface area contributed by atoms with Crippen LogP contribution >= 0.6 is 0 Å². The number of hydrogen-bond acceptors (Lipinski definition) is 2. The van der Waals surface area contributed by atoms with Gasteiger partial charge in [-0.25, -0.2) is 8.78 Å². The number of hydrogen-bond donors (Lipinski definition) is 2. The van der Waals surface area contributed by atoms with Crippen LogP contribution in [0.4, 0.5) is 8.78 Å². The second-order valence-electron chi connectivity index (χ2n) is 4.08. The molecule has 2 aromatic rings. The van der Waals surface area contributed by atoms with Gasteiger partial charge in [0, 0.05) is 23.9 Å². The van der Waals surface area contributed by atoms with Gasteiger partial charge in [0.2, 0.25) is 0 Å². The average molecular weight is 251 g/mol. The summed E-state index contributed by atoms with van der Waals surface area (Å²) in [7, 11) is 0. The van der Waals surface area contributed by atoms with E-state index in [0.29, 0.717) is 17.8 Å². The van der Waals surface area contributed by atoms with E-state index in [1.165, 1.54) is 12.1 Å². The van der Waals surface area contributed by atoms with Gasteiger partial charge in [0.15, 0.2) is 0 Å². The van der Waals surface area contributed by atoms with E-state index in [1.807, 2.05) is 0 Å². The lowest BCUT2D eigenvalue weighted by Crippen LogP contribution is -2.13. The number of aromatic nitrogens is 2. The molecule has 18 heavy (non-hydrogen) atoms. The molecular weight excluding hydrogens is 236 g/mol. The predicted molar refractivity (Wildman–Crippen MR) is 65.9 cm³/mol. The van der Waals surface area contributed by atoms with Crippen LogP contribution < -0.4 is 5.32 Å². The molecular formula is C13H15F2N3. The van der Waals surface area contributed by atoms with Gasteiger partial charge < -0.3 is 5.32 Å². The first-order valence-electron chi connectivity index (χ1n) is 5.91. The van der Waals surface area contributed by atoms with E-state index in [4.69, 9.17) is 0 Å². The van der Waals surface area contributed by atoms with Gasteiger partial charge in [0.25, 0.3) is 0 Å². The molecule has 2 rings (SSSR count). The molecule has 2 N–H and O–H groups in total. The second kappa shape index (κ2) is 5.73. The minimum absolute atomic E-state index is 0.300. The summed E-state index contributed by atoms with van der Waals surface area (Å²) >= 11 is 0. The normalized spacial score (nSPS) is 10.8. The Labute approximate surface area is 104 Å². The van der Waals surface area contributed by atoms with Gasteiger partial charge in [-0.2, -0.15) is 5.10 Å². The summed E-state index contributed by atoms with van der Waals surface area (Å²) < 4.78 is 26.3. The lowest BCUT2D eigenvalue weighted by molar-refractivity contribution is 0.585. The van der Waals surface area contributed by atoms with Crippen molar-refractivity contribution in [1.82, 2.24) is 15.5 Å². The maximum atomic E-state index is 13.5. The van der Waals surface area contributed by atoms with Crippen LogP contribution in [0.2, 0.25) is 0 Å². The second-order valence-corrected chi connectivity index (χ2v) is 4.08. The van der Waals surface area contributed by atoms with Crippen molar-refractivity contribution in [3.8, 4) is 11.3 Å². The van der Waals surface area contributed by atoms with Crippen LogP contribution in [0, 0.1) is 11.6 Å². The van der Waals surface area contributed by atoms with Crippen LogP contribution in [-0.4, -0.2) is 16.7 Å². The van der Waals surface area contributed by atoms with E-state index in [1.54, 1.807) is 6.07 Å². The van der Waals surface area contributed by atoms with Crippen molar-refractivity contribution < 1.29 is 8.78 Å². The highest BCUT2D eigenvalue weighted by atomic mass is 19.1. The summed E-state index contributed by atoms with van der Waals surface area (Å²) in [5.41, 5.74) is 1.66. The van der Waals surface area contributed by atoms with Crippen LogP contribution in [0.5, 0.6) is 0 Å². The van der Waals surface area contributed by atoms with E-state index in [9.17, 15) is 8.78 Å². The largest absolute Gasteiger partial charge is 0.311 e. The van der Waals surface area contributed by atoms with Crippen molar-refractivity contribution in [1.29, 1.82) is 0 Å². The van der Waals surface area contributed by atoms with E-state index < -0.39 is 11.6 Å². The SMILES string of the molecule is CCCNCc1cc(-c2ccc(F)cc2F)n[nH]1. The first-order chi connectivity index (χ1) is 8.70. The molecule has 0 saturated heterocycles. The van der Waals surface area contributed by atoms with Gasteiger partial charge in [-0.05, 0) is 31.2 Å². The number of benzene rings is 1. The molecule has 5 heteroatoms. The van der Waals surface area contributed by atoms with Gasteiger partial charge >= 0.3 is 0 Å². The summed E-state index contributed by atoms with van der Waals surface area (Å²) in [6, 6.07) is 5.24. The first kappa shape index (κ1) is 12.7. The molecule has 0 atom stereocenters. The van der Waals surface area contributed by atoms with Crippen LogP contribution in [0.15, 0.2) is 24.3 Å². The molecule has 0 amide bonds. The van der Waals surface area contributed by atoms with E-state index in [2.05, 4.69) is 22.4 Å². The summed E-state index contributed by atoms with van der Waals surface area (Å²) in [4.78, 5) is 0. The third kappa shape index (κ3) is 2.92. The van der Waals surface area contributed by atoms with Gasteiger partial charge in [-0.15, -0.1) is 0 Å². The van der Waals surface area contributed by atoms with Crippen molar-refractivity contribution in [2.24, 2.45) is 0 Å². The lowest BCUT2D eigenvalue weighted by Gasteiger charge is -1.99. The Kier molecular flexibility index (Phi) is 4.04. The molecule has 0 saturated carbocycles. The zero-order valence-corrected chi connectivity index (χ0v) is 10.1. The lowest BCUT2D eigenvalue weighted by atomic mass is 10.1. The summed E-state index contributed by atoms with van der Waals surface area (Å²) in [6.45, 7) is 3.65. The van der Waals surface area contributed by atoms with Crippen LogP contribution in [0.1, 0.15) is 19.0 Å². The van der Waals surface area contributed by atoms with Gasteiger partial charge in [0.1, 0.15) is 11.6 Å². The fraction of sp³-hybridized carbons (Fsp3) is 0.308. The summed E-state index contributed by atoms with van der Waals surface area (Å²) in [5, 5.41) is 10.1. The van der Waals surface area contributed by atoms with Crippen molar-refractivity contribution in [2.75, 3.05) is 6.54 Å². The van der Waals surface area contributed by atoms with Crippen molar-refractivity contribution >= 4 is 0 Å². The van der Waals surface area contributed by atoms with Crippen molar-refractivity contribution in [3.63, 3.8) is 0 Å². The monoisotopic (exact) mass is 251 g/mol. The Hall–Kier alpha value is -1.75. The molecule has 1 aromatic heterocycles. The maximum absolute atomic E-state index is 13.5. The minimum atomic E-state index is -0.602. The number of halogens is 2. The van der Waals surface area contributed by atoms with Crippen LogP contribution in [0.25, 0.3) is 11.3 Å². The standard InChI is InChI=1S/C13H15F2N3/c1-2-5-16-8-10-7-13(18-17-10)11-4-3-9(14)6-12(11)15/h3-4,6-7,16H,2,5,8H2,1H3,(H,17,18). The van der Waals surface area contributed by atoms with E-state index in [0.717, 1.165) is 24.7 Å². The molecule has 3 nitrogen and oxygen atoms in total. The average Bonchev–Trinajstić information content (AvgIpc) is 2.78. The molecule has 0 bridgehead atoms. The molecule has 0 fully saturated rings. The van der Waals surface area contributed by atoms with Gasteiger partial charge in [0.05, 0.1) is 5.69 Å². The number of nitrogens with one attached hydrogen (secondary N) is 2. The molecule has 0 radical (unpaired) electrons. The Morgan fingerprint density at radius 2 is 2.11 bits per heavy atom. The number of nitrogens with zero attached hydrogens (tertiary/aromatic N) is 1. The molecule has 0 aliphatic rings. The fourth-order valence-corrected chi connectivity index (χ4v) is 1.69. The van der Waals surface area contributed by atoms with Gasteiger partial charge in [-0.3, -0.25) is 5.10 Å². The highest BCUT2D eigenvalue weighted by molar-refractivity contribution is 5.59. The van der Waals surface area contributed by atoms with Crippen LogP contribution in [0.3, 0.4) is 0 Å². The minimum Gasteiger partial charge on any atom is -0.311 e. The molecule has 0 spiro atoms. The summed E-state index contributed by atoms with van der Waals surface area (Å²) in [5.74, 6) is -1.19. The third-order valence-electron chi connectivity index (χ3n) is 2.58. The molecule has 1 heterocycles. The smallest absolute Gasteiger partial charge is 0.135 e. The van der Waals surface area contributed by atoms with Crippen molar-refractivity contribution in [2.45, 2.75) is 19.9 Å². The Morgan fingerprint density at radius 1 is 1.28 bits per heavy atom. The van der Waals surface area contributed by atoms with E-state index >= 15 is 0 Å². The maximum Gasteiger partial charge on any atom is 0.135 e. The molecule has 0 unspecified atom stereocenters. The highest BCUT2D eigenvalue weighted by Crippen LogP contribution is 2.21. The fourth-order valence-electron chi connectivity index (χ4n) is 1.69. The third-order valence-corrected chi connectivity index (χ3v) is 2.58. The molecule has 0 aliphatic heterocycles. The van der Waals surface area contributed by atoms with E-state index in [-0.39, 0.29) is 0 Å². The Morgan fingerprint density at radius 3 is 2.83 bits per heavy atom. The number of H-pyrrole nitrogens is 1. The molecule has 1 aromatic carbocycles. The zero-order valence-electron chi connectivity index (χ0n) is 10.1. The Balaban J connectivity index is 2.13. The highest BCUT2D eigenvalue weighted by Gasteiger charge is 2.09. The quantitative estimate of drug-likeness (QED) is 0.802. The van der Waals surface area contributed by atoms with Crippen molar-refractivity contribution in [3.05, 3.63) is 41.6 Å². The molecule has 0 aliphatic carbocycles. The number of rotatable bonds is 5. The first-order valence-corrected chi connectivity index (χ1v) is 5.91.